The van der Waals surface area contributed by atoms with Crippen molar-refractivity contribution in [3.05, 3.63) is 58.3 Å². The summed E-state index contributed by atoms with van der Waals surface area (Å²) in [5.41, 5.74) is 1.87. The summed E-state index contributed by atoms with van der Waals surface area (Å²) in [5.74, 6) is -0.400. The number of benzene rings is 1. The van der Waals surface area contributed by atoms with Gasteiger partial charge in [-0.1, -0.05) is 12.1 Å². The van der Waals surface area contributed by atoms with Crippen LogP contribution >= 0.6 is 0 Å². The largest absolute Gasteiger partial charge is 0.497 e. The first-order valence-corrected chi connectivity index (χ1v) is 9.93. The predicted octanol–water partition coefficient (Wildman–Crippen LogP) is 3.45. The zero-order chi connectivity index (χ0) is 21.3. The van der Waals surface area contributed by atoms with Crippen molar-refractivity contribution in [3.8, 4) is 5.75 Å². The third kappa shape index (κ3) is 4.21. The maximum Gasteiger partial charge on any atom is 0.363 e. The van der Waals surface area contributed by atoms with Crippen molar-refractivity contribution in [2.45, 2.75) is 13.0 Å². The van der Waals surface area contributed by atoms with Gasteiger partial charge in [0.1, 0.15) is 5.75 Å². The van der Waals surface area contributed by atoms with Crippen LogP contribution < -0.4 is 9.64 Å². The normalized spacial score (nSPS) is 24.1. The van der Waals surface area contributed by atoms with Crippen molar-refractivity contribution in [2.24, 2.45) is 17.8 Å². The number of hydrogen-bond acceptors (Lipinski definition) is 6. The highest BCUT2D eigenvalue weighted by Gasteiger charge is 2.46. The summed E-state index contributed by atoms with van der Waals surface area (Å²) in [6.45, 7) is 2.88. The minimum Gasteiger partial charge on any atom is -0.497 e. The van der Waals surface area contributed by atoms with Crippen LogP contribution in [-0.4, -0.2) is 54.5 Å². The smallest absolute Gasteiger partial charge is 0.363 e. The molecule has 1 aromatic carbocycles. The van der Waals surface area contributed by atoms with Gasteiger partial charge in [0, 0.05) is 44.7 Å². The molecule has 2 unspecified atom stereocenters. The fourth-order valence-electron chi connectivity index (χ4n) is 4.78. The van der Waals surface area contributed by atoms with Crippen molar-refractivity contribution in [1.29, 1.82) is 0 Å². The molecule has 0 aliphatic carbocycles. The van der Waals surface area contributed by atoms with Gasteiger partial charge in [-0.15, -0.1) is 0 Å². The first-order chi connectivity index (χ1) is 14.4. The number of nitro groups is 1. The Morgan fingerprint density at radius 2 is 1.80 bits per heavy atom. The van der Waals surface area contributed by atoms with E-state index >= 15 is 0 Å². The van der Waals surface area contributed by atoms with E-state index in [0.717, 1.165) is 17.0 Å². The first kappa shape index (κ1) is 20.5. The number of anilines is 1. The Labute approximate surface area is 173 Å². The number of halogens is 2. The lowest BCUT2D eigenvalue weighted by molar-refractivity contribution is -0.389. The predicted molar refractivity (Wildman–Crippen MR) is 108 cm³/mol. The maximum atomic E-state index is 13.8. The highest BCUT2D eigenvalue weighted by molar-refractivity contribution is 5.47. The Hall–Kier alpha value is -2.81. The number of pyridine rings is 1. The van der Waals surface area contributed by atoms with Crippen LogP contribution in [0.4, 0.5) is 20.3 Å². The molecule has 1 aromatic heterocycles. The van der Waals surface area contributed by atoms with Gasteiger partial charge < -0.3 is 19.8 Å². The van der Waals surface area contributed by atoms with E-state index in [4.69, 9.17) is 4.74 Å². The van der Waals surface area contributed by atoms with Gasteiger partial charge >= 0.3 is 5.82 Å². The van der Waals surface area contributed by atoms with Crippen LogP contribution in [0.2, 0.25) is 0 Å². The Balaban J connectivity index is 1.47. The van der Waals surface area contributed by atoms with Crippen molar-refractivity contribution in [1.82, 2.24) is 9.88 Å². The van der Waals surface area contributed by atoms with Crippen LogP contribution in [0.1, 0.15) is 5.56 Å². The van der Waals surface area contributed by atoms with E-state index in [-0.39, 0.29) is 17.7 Å². The van der Waals surface area contributed by atoms with E-state index in [2.05, 4.69) is 9.88 Å². The molecule has 0 radical (unpaired) electrons. The van der Waals surface area contributed by atoms with Gasteiger partial charge in [-0.2, -0.15) is 0 Å². The number of rotatable bonds is 6. The SMILES string of the molecule is COc1ccc(CN2CC3CN(c4ccc([N+](=O)[O-])nc4)CC(C2)C3C(F)F)cc1. The molecular weight excluding hydrogens is 394 g/mol. The second-order valence-electron chi connectivity index (χ2n) is 8.01. The molecule has 0 N–H and O–H groups in total. The number of likely N-dealkylation sites (tertiary alicyclic amines) is 1. The second kappa shape index (κ2) is 8.51. The fraction of sp³-hybridized carbons (Fsp3) is 0.476. The van der Waals surface area contributed by atoms with E-state index in [1.165, 1.54) is 12.3 Å². The average molecular weight is 418 g/mol. The Kier molecular flexibility index (Phi) is 5.80. The molecule has 2 fully saturated rings. The van der Waals surface area contributed by atoms with Crippen LogP contribution in [0.25, 0.3) is 0 Å². The summed E-state index contributed by atoms with van der Waals surface area (Å²) in [4.78, 5) is 18.4. The second-order valence-corrected chi connectivity index (χ2v) is 8.01. The molecule has 160 valence electrons. The van der Waals surface area contributed by atoms with Crippen molar-refractivity contribution >= 4 is 11.5 Å². The molecule has 4 rings (SSSR count). The maximum absolute atomic E-state index is 13.8. The molecule has 0 amide bonds. The van der Waals surface area contributed by atoms with Crippen LogP contribution in [0.15, 0.2) is 42.6 Å². The Bertz CT molecular complexity index is 863. The Morgan fingerprint density at radius 3 is 2.30 bits per heavy atom. The molecule has 30 heavy (non-hydrogen) atoms. The van der Waals surface area contributed by atoms with Gasteiger partial charge in [-0.3, -0.25) is 4.90 Å². The third-order valence-corrected chi connectivity index (χ3v) is 6.12. The third-order valence-electron chi connectivity index (χ3n) is 6.12. The number of aromatic nitrogens is 1. The van der Waals surface area contributed by atoms with E-state index < -0.39 is 17.3 Å². The molecule has 2 aliphatic heterocycles. The van der Waals surface area contributed by atoms with Crippen LogP contribution in [0.5, 0.6) is 5.75 Å². The number of hydrogen-bond donors (Lipinski definition) is 0. The first-order valence-electron chi connectivity index (χ1n) is 9.93. The van der Waals surface area contributed by atoms with Gasteiger partial charge in [0.2, 0.25) is 6.43 Å². The Morgan fingerprint density at radius 1 is 1.13 bits per heavy atom. The molecule has 7 nitrogen and oxygen atoms in total. The van der Waals surface area contributed by atoms with E-state index in [9.17, 15) is 18.9 Å². The number of methoxy groups -OCH3 is 1. The van der Waals surface area contributed by atoms with Gasteiger partial charge in [0.15, 0.2) is 6.20 Å². The lowest BCUT2D eigenvalue weighted by Crippen LogP contribution is -2.59. The topological polar surface area (TPSA) is 71.7 Å². The minimum atomic E-state index is -2.35. The summed E-state index contributed by atoms with van der Waals surface area (Å²) in [6.07, 6.45) is -0.883. The van der Waals surface area contributed by atoms with Gasteiger partial charge in [0.25, 0.3) is 0 Å². The van der Waals surface area contributed by atoms with Crippen molar-refractivity contribution in [3.63, 3.8) is 0 Å². The number of alkyl halides is 2. The quantitative estimate of drug-likeness (QED) is 0.529. The highest BCUT2D eigenvalue weighted by atomic mass is 19.3. The molecule has 2 aromatic rings. The van der Waals surface area contributed by atoms with E-state index in [0.29, 0.717) is 32.7 Å². The molecular formula is C21H24F2N4O3. The molecule has 2 aliphatic rings. The molecule has 3 heterocycles. The fourth-order valence-corrected chi connectivity index (χ4v) is 4.78. The molecule has 0 spiro atoms. The molecule has 2 bridgehead atoms. The average Bonchev–Trinajstić information content (AvgIpc) is 2.73. The van der Waals surface area contributed by atoms with Crippen LogP contribution in [-0.2, 0) is 6.54 Å². The standard InChI is InChI=1S/C21H24F2N4O3/c1-30-18-5-2-14(3-6-18)9-25-10-15-12-26(13-16(11-25)20(15)21(22)23)17-4-7-19(24-8-17)27(28)29/h2-8,15-16,20-21H,9-13H2,1H3. The van der Waals surface area contributed by atoms with Crippen LogP contribution in [0.3, 0.4) is 0 Å². The van der Waals surface area contributed by atoms with E-state index in [1.54, 1.807) is 13.2 Å². The summed E-state index contributed by atoms with van der Waals surface area (Å²) in [7, 11) is 1.62. The van der Waals surface area contributed by atoms with Crippen LogP contribution in [0, 0.1) is 27.9 Å². The number of fused-ring (bicyclic) bond motifs is 2. The van der Waals surface area contributed by atoms with Crippen molar-refractivity contribution in [2.75, 3.05) is 38.2 Å². The monoisotopic (exact) mass is 418 g/mol. The molecule has 0 saturated carbocycles. The number of piperidine rings is 2. The summed E-state index contributed by atoms with van der Waals surface area (Å²) in [6, 6.07) is 10.8. The van der Waals surface area contributed by atoms with Gasteiger partial charge in [-0.25, -0.2) is 8.78 Å². The summed E-state index contributed by atoms with van der Waals surface area (Å²) >= 11 is 0. The molecule has 2 saturated heterocycles. The number of ether oxygens (including phenoxy) is 1. The zero-order valence-electron chi connectivity index (χ0n) is 16.7. The van der Waals surface area contributed by atoms with Crippen molar-refractivity contribution < 1.29 is 18.4 Å². The van der Waals surface area contributed by atoms with Gasteiger partial charge in [-0.05, 0) is 45.5 Å². The number of nitrogens with zero attached hydrogens (tertiary/aromatic N) is 4. The summed E-state index contributed by atoms with van der Waals surface area (Å²) < 4.78 is 32.8. The molecule has 2 atom stereocenters. The zero-order valence-corrected chi connectivity index (χ0v) is 16.7. The van der Waals surface area contributed by atoms with Gasteiger partial charge in [0.05, 0.1) is 12.8 Å². The molecule has 9 heteroatoms. The lowest BCUT2D eigenvalue weighted by atomic mass is 9.74. The summed E-state index contributed by atoms with van der Waals surface area (Å²) in [5, 5.41) is 10.8. The lowest BCUT2D eigenvalue weighted by Gasteiger charge is -2.51. The highest BCUT2D eigenvalue weighted by Crippen LogP contribution is 2.40. The minimum absolute atomic E-state index is 0.175. The van der Waals surface area contributed by atoms with E-state index in [1.807, 2.05) is 29.2 Å².